The van der Waals surface area contributed by atoms with Crippen LogP contribution in [-0.2, 0) is 16.0 Å². The highest BCUT2D eigenvalue weighted by atomic mass is 16.4. The third kappa shape index (κ3) is 3.97. The summed E-state index contributed by atoms with van der Waals surface area (Å²) in [5.41, 5.74) is -1.27. The maximum Gasteiger partial charge on any atom is 0.311 e. The van der Waals surface area contributed by atoms with E-state index in [9.17, 15) is 19.8 Å². The molecule has 1 amide bonds. The van der Waals surface area contributed by atoms with Gasteiger partial charge in [-0.1, -0.05) is 18.2 Å². The number of carboxylic acid groups (broad SMARTS) is 1. The summed E-state index contributed by atoms with van der Waals surface area (Å²) in [6.45, 7) is 6.55. The average molecular weight is 293 g/mol. The Kier molecular flexibility index (Phi) is 4.99. The van der Waals surface area contributed by atoms with E-state index in [0.717, 1.165) is 0 Å². The van der Waals surface area contributed by atoms with Crippen LogP contribution in [0.15, 0.2) is 24.3 Å². The number of amides is 1. The van der Waals surface area contributed by atoms with Crippen LogP contribution in [-0.4, -0.2) is 27.6 Å². The Hall–Kier alpha value is -2.04. The number of aliphatic carboxylic acids is 1. The molecule has 0 fully saturated rings. The lowest BCUT2D eigenvalue weighted by Crippen LogP contribution is -2.57. The minimum absolute atomic E-state index is 0.162. The van der Waals surface area contributed by atoms with Gasteiger partial charge in [-0.2, -0.15) is 0 Å². The van der Waals surface area contributed by atoms with Gasteiger partial charge in [0.1, 0.15) is 5.75 Å². The van der Waals surface area contributed by atoms with Crippen molar-refractivity contribution < 1.29 is 19.8 Å². The van der Waals surface area contributed by atoms with Crippen LogP contribution in [0, 0.1) is 5.41 Å². The third-order valence-electron chi connectivity index (χ3n) is 4.16. The predicted molar refractivity (Wildman–Crippen MR) is 80.1 cm³/mol. The molecule has 1 aromatic carbocycles. The number of benzene rings is 1. The van der Waals surface area contributed by atoms with Crippen LogP contribution in [0.4, 0.5) is 0 Å². The fourth-order valence-corrected chi connectivity index (χ4v) is 1.81. The number of aryl methyl sites for hydroxylation is 1. The van der Waals surface area contributed by atoms with E-state index in [1.54, 1.807) is 52.0 Å². The summed E-state index contributed by atoms with van der Waals surface area (Å²) >= 11 is 0. The largest absolute Gasteiger partial charge is 0.508 e. The molecule has 21 heavy (non-hydrogen) atoms. The molecular weight excluding hydrogens is 270 g/mol. The van der Waals surface area contributed by atoms with Crippen LogP contribution in [0.2, 0.25) is 0 Å². The van der Waals surface area contributed by atoms with Crippen molar-refractivity contribution in [2.45, 2.75) is 46.1 Å². The second-order valence-corrected chi connectivity index (χ2v) is 6.23. The predicted octanol–water partition coefficient (Wildman–Crippen LogP) is 2.33. The molecule has 0 radical (unpaired) electrons. The van der Waals surface area contributed by atoms with Gasteiger partial charge < -0.3 is 15.5 Å². The van der Waals surface area contributed by atoms with Gasteiger partial charge in [-0.3, -0.25) is 9.59 Å². The zero-order chi connectivity index (χ0) is 16.3. The van der Waals surface area contributed by atoms with Crippen LogP contribution in [0.3, 0.4) is 0 Å². The van der Waals surface area contributed by atoms with Gasteiger partial charge in [-0.15, -0.1) is 0 Å². The quantitative estimate of drug-likeness (QED) is 0.751. The van der Waals surface area contributed by atoms with E-state index in [4.69, 9.17) is 0 Å². The van der Waals surface area contributed by atoms with Crippen molar-refractivity contribution in [3.8, 4) is 5.75 Å². The van der Waals surface area contributed by atoms with Gasteiger partial charge in [0.25, 0.3) is 0 Å². The fraction of sp³-hybridized carbons (Fsp3) is 0.500. The molecule has 0 atom stereocenters. The van der Waals surface area contributed by atoms with Crippen LogP contribution >= 0.6 is 0 Å². The van der Waals surface area contributed by atoms with Crippen molar-refractivity contribution in [3.05, 3.63) is 29.8 Å². The first-order valence-electron chi connectivity index (χ1n) is 6.89. The van der Waals surface area contributed by atoms with Crippen molar-refractivity contribution in [1.82, 2.24) is 5.32 Å². The van der Waals surface area contributed by atoms with Crippen molar-refractivity contribution in [2.75, 3.05) is 0 Å². The molecule has 3 N–H and O–H groups in total. The Bertz CT molecular complexity index is 535. The molecule has 0 aliphatic carbocycles. The number of hydrogen-bond acceptors (Lipinski definition) is 3. The molecule has 0 bridgehead atoms. The highest BCUT2D eigenvalue weighted by Gasteiger charge is 2.44. The van der Waals surface area contributed by atoms with E-state index in [1.165, 1.54) is 0 Å². The van der Waals surface area contributed by atoms with Crippen molar-refractivity contribution in [3.63, 3.8) is 0 Å². The summed E-state index contributed by atoms with van der Waals surface area (Å²) in [4.78, 5) is 23.3. The summed E-state index contributed by atoms with van der Waals surface area (Å²) in [7, 11) is 0. The number of nitrogens with one attached hydrogen (secondary N) is 1. The molecular formula is C16H23NO4. The van der Waals surface area contributed by atoms with E-state index < -0.39 is 16.9 Å². The van der Waals surface area contributed by atoms with E-state index in [0.29, 0.717) is 12.0 Å². The molecule has 0 unspecified atom stereocenters. The Balaban J connectivity index is 2.66. The van der Waals surface area contributed by atoms with E-state index in [1.807, 2.05) is 0 Å². The summed E-state index contributed by atoms with van der Waals surface area (Å²) in [5.74, 6) is -1.04. The molecule has 0 aliphatic heterocycles. The number of hydrogen-bond donors (Lipinski definition) is 3. The topological polar surface area (TPSA) is 86.6 Å². The minimum Gasteiger partial charge on any atom is -0.508 e. The van der Waals surface area contributed by atoms with Crippen molar-refractivity contribution in [1.29, 1.82) is 0 Å². The maximum atomic E-state index is 12.0. The molecule has 0 saturated carbocycles. The number of para-hydroxylation sites is 1. The molecule has 116 valence electrons. The van der Waals surface area contributed by atoms with Crippen molar-refractivity contribution in [2.24, 2.45) is 5.41 Å². The molecule has 5 heteroatoms. The lowest BCUT2D eigenvalue weighted by atomic mass is 9.74. The van der Waals surface area contributed by atoms with Gasteiger partial charge in [0.05, 0.1) is 5.41 Å². The number of carbonyl (C=O) groups is 2. The number of aromatic hydroxyl groups is 1. The highest BCUT2D eigenvalue weighted by molar-refractivity contribution is 5.80. The molecule has 0 heterocycles. The monoisotopic (exact) mass is 293 g/mol. The van der Waals surface area contributed by atoms with Crippen LogP contribution in [0.1, 0.15) is 39.7 Å². The van der Waals surface area contributed by atoms with Gasteiger partial charge in [-0.05, 0) is 45.7 Å². The highest BCUT2D eigenvalue weighted by Crippen LogP contribution is 2.30. The first kappa shape index (κ1) is 17.0. The first-order chi connectivity index (χ1) is 9.58. The smallest absolute Gasteiger partial charge is 0.311 e. The Labute approximate surface area is 125 Å². The zero-order valence-electron chi connectivity index (χ0n) is 12.9. The average Bonchev–Trinajstić information content (AvgIpc) is 2.36. The number of phenolic OH excluding ortho intramolecular Hbond substituents is 1. The van der Waals surface area contributed by atoms with Crippen molar-refractivity contribution >= 4 is 11.9 Å². The SMILES string of the molecule is CC(C)(NC(=O)CCc1ccccc1O)C(C)(C)C(=O)O. The summed E-state index contributed by atoms with van der Waals surface area (Å²) in [6, 6.07) is 6.85. The lowest BCUT2D eigenvalue weighted by Gasteiger charge is -2.38. The Morgan fingerprint density at radius 3 is 2.24 bits per heavy atom. The number of rotatable bonds is 6. The molecule has 0 aromatic heterocycles. The molecule has 5 nitrogen and oxygen atoms in total. The summed E-state index contributed by atoms with van der Waals surface area (Å²) in [5, 5.41) is 21.7. The molecule has 0 saturated heterocycles. The second-order valence-electron chi connectivity index (χ2n) is 6.23. The molecule has 0 spiro atoms. The zero-order valence-corrected chi connectivity index (χ0v) is 12.9. The standard InChI is InChI=1S/C16H23NO4/c1-15(2,14(20)21)16(3,4)17-13(19)10-9-11-7-5-6-8-12(11)18/h5-8,18H,9-10H2,1-4H3,(H,17,19)(H,20,21). The summed E-state index contributed by atoms with van der Waals surface area (Å²) in [6.07, 6.45) is 0.596. The molecule has 1 rings (SSSR count). The minimum atomic E-state index is -1.09. The first-order valence-corrected chi connectivity index (χ1v) is 6.89. The van der Waals surface area contributed by atoms with Gasteiger partial charge >= 0.3 is 5.97 Å². The fourth-order valence-electron chi connectivity index (χ4n) is 1.81. The van der Waals surface area contributed by atoms with Gasteiger partial charge in [0.15, 0.2) is 0 Å². The van der Waals surface area contributed by atoms with Gasteiger partial charge in [0.2, 0.25) is 5.91 Å². The van der Waals surface area contributed by atoms with E-state index in [2.05, 4.69) is 5.32 Å². The number of carbonyl (C=O) groups excluding carboxylic acids is 1. The Morgan fingerprint density at radius 1 is 1.14 bits per heavy atom. The third-order valence-corrected chi connectivity index (χ3v) is 4.16. The van der Waals surface area contributed by atoms with Crippen LogP contribution < -0.4 is 5.32 Å². The number of carboxylic acids is 1. The van der Waals surface area contributed by atoms with E-state index >= 15 is 0 Å². The summed E-state index contributed by atoms with van der Waals surface area (Å²) < 4.78 is 0. The lowest BCUT2D eigenvalue weighted by molar-refractivity contribution is -0.151. The Morgan fingerprint density at radius 2 is 1.71 bits per heavy atom. The number of phenols is 1. The normalized spacial score (nSPS) is 12.0. The second kappa shape index (κ2) is 6.16. The molecule has 1 aromatic rings. The van der Waals surface area contributed by atoms with Gasteiger partial charge in [0, 0.05) is 12.0 Å². The van der Waals surface area contributed by atoms with E-state index in [-0.39, 0.29) is 18.1 Å². The molecule has 0 aliphatic rings. The van der Waals surface area contributed by atoms with Crippen LogP contribution in [0.25, 0.3) is 0 Å². The van der Waals surface area contributed by atoms with Crippen LogP contribution in [0.5, 0.6) is 5.75 Å². The maximum absolute atomic E-state index is 12.0. The van der Waals surface area contributed by atoms with Gasteiger partial charge in [-0.25, -0.2) is 0 Å².